The average Bonchev–Trinajstić information content (AvgIpc) is 2.53. The zero-order chi connectivity index (χ0) is 15.3. The molecule has 4 nitrogen and oxygen atoms in total. The summed E-state index contributed by atoms with van der Waals surface area (Å²) in [6.07, 6.45) is 4.35. The fourth-order valence-electron chi connectivity index (χ4n) is 2.77. The molecule has 0 saturated carbocycles. The van der Waals surface area contributed by atoms with Crippen LogP contribution in [0.15, 0.2) is 29.2 Å². The van der Waals surface area contributed by atoms with Gasteiger partial charge in [-0.15, -0.1) is 0 Å². The molecule has 1 atom stereocenters. The molecule has 5 heteroatoms. The first-order valence-corrected chi connectivity index (χ1v) is 9.34. The van der Waals surface area contributed by atoms with E-state index in [4.69, 9.17) is 0 Å². The van der Waals surface area contributed by atoms with Crippen molar-refractivity contribution >= 4 is 10.0 Å². The highest BCUT2D eigenvalue weighted by Crippen LogP contribution is 2.18. The zero-order valence-corrected chi connectivity index (χ0v) is 13.8. The lowest BCUT2D eigenvalue weighted by atomic mass is 10.1. The first kappa shape index (κ1) is 16.5. The van der Waals surface area contributed by atoms with E-state index in [1.165, 1.54) is 12.8 Å². The summed E-state index contributed by atoms with van der Waals surface area (Å²) in [7, 11) is -3.38. The number of likely N-dealkylation sites (N-methyl/N-ethyl adjacent to an activating group) is 1. The van der Waals surface area contributed by atoms with Crippen LogP contribution < -0.4 is 5.32 Å². The molecule has 21 heavy (non-hydrogen) atoms. The number of benzene rings is 1. The van der Waals surface area contributed by atoms with Gasteiger partial charge in [0.15, 0.2) is 0 Å². The van der Waals surface area contributed by atoms with Gasteiger partial charge in [0.25, 0.3) is 0 Å². The van der Waals surface area contributed by atoms with Gasteiger partial charge < -0.3 is 5.32 Å². The molecule has 1 aliphatic rings. The average molecular weight is 310 g/mol. The summed E-state index contributed by atoms with van der Waals surface area (Å²) >= 11 is 0. The number of hydrogen-bond acceptors (Lipinski definition) is 3. The maximum atomic E-state index is 12.7. The van der Waals surface area contributed by atoms with Gasteiger partial charge in [0.1, 0.15) is 0 Å². The molecule has 0 amide bonds. The van der Waals surface area contributed by atoms with Crippen LogP contribution in [-0.4, -0.2) is 38.4 Å². The van der Waals surface area contributed by atoms with Crippen molar-refractivity contribution in [3.8, 4) is 0 Å². The molecule has 1 N–H and O–H groups in total. The van der Waals surface area contributed by atoms with E-state index in [1.54, 1.807) is 16.4 Å². The summed E-state index contributed by atoms with van der Waals surface area (Å²) in [5.74, 6) is 0. The summed E-state index contributed by atoms with van der Waals surface area (Å²) in [5.41, 5.74) is 1.16. The Labute approximate surface area is 128 Å². The molecule has 1 unspecified atom stereocenters. The van der Waals surface area contributed by atoms with Gasteiger partial charge in [-0.1, -0.05) is 32.4 Å². The van der Waals surface area contributed by atoms with Crippen LogP contribution in [0.5, 0.6) is 0 Å². The van der Waals surface area contributed by atoms with Gasteiger partial charge in [0.2, 0.25) is 10.0 Å². The number of hydrogen-bond donors (Lipinski definition) is 1. The van der Waals surface area contributed by atoms with E-state index in [2.05, 4.69) is 12.2 Å². The summed E-state index contributed by atoms with van der Waals surface area (Å²) in [4.78, 5) is 0.400. The van der Waals surface area contributed by atoms with Crippen molar-refractivity contribution in [2.24, 2.45) is 0 Å². The summed E-state index contributed by atoms with van der Waals surface area (Å²) in [6, 6.07) is 7.54. The Kier molecular flexibility index (Phi) is 5.79. The first-order chi connectivity index (χ1) is 10.1. The summed E-state index contributed by atoms with van der Waals surface area (Å²) < 4.78 is 27.1. The van der Waals surface area contributed by atoms with E-state index in [0.717, 1.165) is 24.9 Å². The van der Waals surface area contributed by atoms with Gasteiger partial charge in [0, 0.05) is 19.1 Å². The predicted molar refractivity (Wildman–Crippen MR) is 85.9 cm³/mol. The molecule has 1 aromatic carbocycles. The van der Waals surface area contributed by atoms with Gasteiger partial charge in [-0.05, 0) is 43.5 Å². The molecule has 2 rings (SSSR count). The van der Waals surface area contributed by atoms with Gasteiger partial charge in [-0.2, -0.15) is 4.31 Å². The van der Waals surface area contributed by atoms with Gasteiger partial charge in [-0.3, -0.25) is 0 Å². The zero-order valence-electron chi connectivity index (χ0n) is 13.0. The number of rotatable bonds is 6. The molecule has 118 valence electrons. The van der Waals surface area contributed by atoms with E-state index in [0.29, 0.717) is 18.0 Å². The van der Waals surface area contributed by atoms with Crippen LogP contribution >= 0.6 is 0 Å². The number of nitrogens with zero attached hydrogens (tertiary/aromatic N) is 1. The second-order valence-electron chi connectivity index (χ2n) is 5.60. The smallest absolute Gasteiger partial charge is 0.243 e. The third kappa shape index (κ3) is 4.05. The molecule has 1 aromatic rings. The Morgan fingerprint density at radius 2 is 1.90 bits per heavy atom. The van der Waals surface area contributed by atoms with E-state index in [1.807, 2.05) is 19.1 Å². The highest BCUT2D eigenvalue weighted by atomic mass is 32.2. The molecule has 0 spiro atoms. The van der Waals surface area contributed by atoms with E-state index < -0.39 is 10.0 Å². The van der Waals surface area contributed by atoms with Crippen LogP contribution in [0.4, 0.5) is 0 Å². The van der Waals surface area contributed by atoms with Gasteiger partial charge in [0.05, 0.1) is 4.90 Å². The van der Waals surface area contributed by atoms with E-state index >= 15 is 0 Å². The topological polar surface area (TPSA) is 49.4 Å². The Bertz CT molecular complexity index is 534. The molecule has 1 heterocycles. The summed E-state index contributed by atoms with van der Waals surface area (Å²) in [5, 5.41) is 3.42. The van der Waals surface area contributed by atoms with Gasteiger partial charge in [-0.25, -0.2) is 8.42 Å². The molecular formula is C16H26N2O2S. The van der Waals surface area contributed by atoms with Crippen molar-refractivity contribution < 1.29 is 8.42 Å². The fraction of sp³-hybridized carbons (Fsp3) is 0.625. The molecule has 0 radical (unpaired) electrons. The minimum Gasteiger partial charge on any atom is -0.313 e. The first-order valence-electron chi connectivity index (χ1n) is 7.90. The van der Waals surface area contributed by atoms with Crippen molar-refractivity contribution in [2.75, 3.05) is 19.6 Å². The third-order valence-electron chi connectivity index (χ3n) is 4.16. The van der Waals surface area contributed by atoms with Crippen molar-refractivity contribution in [1.82, 2.24) is 9.62 Å². The highest BCUT2D eigenvalue weighted by Gasteiger charge is 2.26. The van der Waals surface area contributed by atoms with Crippen LogP contribution in [0.1, 0.15) is 38.7 Å². The highest BCUT2D eigenvalue weighted by molar-refractivity contribution is 7.89. The summed E-state index contributed by atoms with van der Waals surface area (Å²) in [6.45, 7) is 6.04. The van der Waals surface area contributed by atoms with Crippen LogP contribution in [-0.2, 0) is 16.4 Å². The Hall–Kier alpha value is -0.910. The molecule has 1 fully saturated rings. The number of sulfonamides is 1. The maximum absolute atomic E-state index is 12.7. The standard InChI is InChI=1S/C16H26N2O2S/c1-3-14-8-10-16(11-9-14)21(19,20)18(4-2)13-15-7-5-6-12-17-15/h8-11,15,17H,3-7,12-13H2,1-2H3. The quantitative estimate of drug-likeness (QED) is 0.878. The Balaban J connectivity index is 2.13. The molecule has 0 bridgehead atoms. The monoisotopic (exact) mass is 310 g/mol. The second kappa shape index (κ2) is 7.38. The maximum Gasteiger partial charge on any atom is 0.243 e. The fourth-order valence-corrected chi connectivity index (χ4v) is 4.26. The lowest BCUT2D eigenvalue weighted by Crippen LogP contribution is -2.45. The van der Waals surface area contributed by atoms with Crippen LogP contribution in [0.25, 0.3) is 0 Å². The number of aryl methyl sites for hydroxylation is 1. The van der Waals surface area contributed by atoms with Gasteiger partial charge >= 0.3 is 0 Å². The van der Waals surface area contributed by atoms with Crippen molar-refractivity contribution in [1.29, 1.82) is 0 Å². The van der Waals surface area contributed by atoms with Crippen LogP contribution in [0.3, 0.4) is 0 Å². The normalized spacial score (nSPS) is 19.9. The Morgan fingerprint density at radius 1 is 1.19 bits per heavy atom. The van der Waals surface area contributed by atoms with Crippen LogP contribution in [0.2, 0.25) is 0 Å². The molecule has 0 aliphatic carbocycles. The molecule has 1 aliphatic heterocycles. The third-order valence-corrected chi connectivity index (χ3v) is 6.11. The Morgan fingerprint density at radius 3 is 2.43 bits per heavy atom. The molecule has 1 saturated heterocycles. The number of piperidine rings is 1. The van der Waals surface area contributed by atoms with Crippen molar-refractivity contribution in [2.45, 2.75) is 50.5 Å². The minimum absolute atomic E-state index is 0.281. The SMILES string of the molecule is CCc1ccc(S(=O)(=O)N(CC)CC2CCCCN2)cc1. The lowest BCUT2D eigenvalue weighted by molar-refractivity contribution is 0.319. The van der Waals surface area contributed by atoms with Crippen LogP contribution in [0, 0.1) is 0 Å². The van der Waals surface area contributed by atoms with Crippen molar-refractivity contribution in [3.05, 3.63) is 29.8 Å². The number of nitrogens with one attached hydrogen (secondary N) is 1. The van der Waals surface area contributed by atoms with E-state index in [-0.39, 0.29) is 6.04 Å². The molecule has 0 aromatic heterocycles. The minimum atomic E-state index is -3.38. The largest absolute Gasteiger partial charge is 0.313 e. The lowest BCUT2D eigenvalue weighted by Gasteiger charge is -2.29. The molecular weight excluding hydrogens is 284 g/mol. The van der Waals surface area contributed by atoms with E-state index in [9.17, 15) is 8.42 Å². The second-order valence-corrected chi connectivity index (χ2v) is 7.54. The predicted octanol–water partition coefficient (Wildman–Crippen LogP) is 2.40. The van der Waals surface area contributed by atoms with Crippen molar-refractivity contribution in [3.63, 3.8) is 0 Å².